The number of rotatable bonds is 3. The minimum absolute atomic E-state index is 0.265. The first-order valence-corrected chi connectivity index (χ1v) is 6.02. The van der Waals surface area contributed by atoms with Crippen LogP contribution in [-0.4, -0.2) is 13.7 Å². The summed E-state index contributed by atoms with van der Waals surface area (Å²) in [7, 11) is -3.44. The Labute approximate surface area is 88.2 Å². The summed E-state index contributed by atoms with van der Waals surface area (Å²) in [6.07, 6.45) is 1.36. The van der Waals surface area contributed by atoms with Crippen molar-refractivity contribution in [1.29, 1.82) is 5.26 Å². The van der Waals surface area contributed by atoms with Gasteiger partial charge in [-0.2, -0.15) is 13.7 Å². The van der Waals surface area contributed by atoms with E-state index in [2.05, 4.69) is 0 Å². The van der Waals surface area contributed by atoms with Crippen LogP contribution in [-0.2, 0) is 10.1 Å². The van der Waals surface area contributed by atoms with Crippen molar-refractivity contribution < 1.29 is 12.6 Å². The van der Waals surface area contributed by atoms with Crippen LogP contribution in [0.15, 0.2) is 24.3 Å². The highest BCUT2D eigenvalue weighted by atomic mass is 32.2. The molecule has 0 saturated heterocycles. The van der Waals surface area contributed by atoms with Gasteiger partial charge in [-0.25, -0.2) is 0 Å². The maximum atomic E-state index is 11.4. The Hall–Kier alpha value is -1.54. The molecule has 1 aliphatic carbocycles. The summed E-state index contributed by atoms with van der Waals surface area (Å²) >= 11 is 0. The molecule has 4 nitrogen and oxygen atoms in total. The normalized spacial score (nSPS) is 15.7. The molecule has 0 N–H and O–H groups in total. The van der Waals surface area contributed by atoms with Gasteiger partial charge in [0.2, 0.25) is 0 Å². The molecule has 2 rings (SSSR count). The zero-order valence-electron chi connectivity index (χ0n) is 7.88. The molecule has 15 heavy (non-hydrogen) atoms. The van der Waals surface area contributed by atoms with Gasteiger partial charge in [-0.15, -0.1) is 0 Å². The van der Waals surface area contributed by atoms with Crippen LogP contribution in [0.1, 0.15) is 18.4 Å². The summed E-state index contributed by atoms with van der Waals surface area (Å²) in [6, 6.07) is 7.97. The highest BCUT2D eigenvalue weighted by Gasteiger charge is 2.37. The van der Waals surface area contributed by atoms with Crippen LogP contribution < -0.4 is 4.18 Å². The molecule has 0 unspecified atom stereocenters. The van der Waals surface area contributed by atoms with E-state index in [1.165, 1.54) is 24.3 Å². The molecule has 1 aliphatic rings. The fourth-order valence-corrected chi connectivity index (χ4v) is 2.37. The summed E-state index contributed by atoms with van der Waals surface area (Å²) in [5.41, 5.74) is 0.478. The molecule has 0 radical (unpaired) electrons. The smallest absolute Gasteiger partial charge is 0.312 e. The van der Waals surface area contributed by atoms with Crippen molar-refractivity contribution in [2.24, 2.45) is 0 Å². The maximum absolute atomic E-state index is 11.4. The lowest BCUT2D eigenvalue weighted by atomic mass is 10.2. The molecule has 0 heterocycles. The molecule has 1 aromatic carbocycles. The maximum Gasteiger partial charge on any atom is 0.312 e. The van der Waals surface area contributed by atoms with Gasteiger partial charge in [0, 0.05) is 0 Å². The van der Waals surface area contributed by atoms with E-state index in [4.69, 9.17) is 9.44 Å². The number of hydrogen-bond acceptors (Lipinski definition) is 4. The minimum atomic E-state index is -3.44. The highest BCUT2D eigenvalue weighted by molar-refractivity contribution is 7.88. The van der Waals surface area contributed by atoms with Crippen LogP contribution in [0.5, 0.6) is 5.75 Å². The van der Waals surface area contributed by atoms with E-state index in [0.29, 0.717) is 18.4 Å². The molecule has 0 bridgehead atoms. The third kappa shape index (κ3) is 2.28. The van der Waals surface area contributed by atoms with Crippen molar-refractivity contribution in [2.45, 2.75) is 18.1 Å². The second-order valence-corrected chi connectivity index (χ2v) is 5.23. The molecule has 1 saturated carbocycles. The number of nitrogens with zero attached hydrogens (tertiary/aromatic N) is 1. The van der Waals surface area contributed by atoms with Crippen molar-refractivity contribution in [3.8, 4) is 11.8 Å². The Morgan fingerprint density at radius 3 is 2.33 bits per heavy atom. The first-order valence-electron chi connectivity index (χ1n) is 4.55. The van der Waals surface area contributed by atoms with Crippen LogP contribution in [0.4, 0.5) is 0 Å². The van der Waals surface area contributed by atoms with Gasteiger partial charge in [-0.1, -0.05) is 0 Å². The van der Waals surface area contributed by atoms with E-state index in [9.17, 15) is 8.42 Å². The van der Waals surface area contributed by atoms with E-state index in [1.807, 2.05) is 6.07 Å². The molecule has 1 fully saturated rings. The van der Waals surface area contributed by atoms with Crippen LogP contribution >= 0.6 is 0 Å². The minimum Gasteiger partial charge on any atom is -0.382 e. The Bertz CT molecular complexity index is 494. The van der Waals surface area contributed by atoms with E-state index >= 15 is 0 Å². The average molecular weight is 223 g/mol. The van der Waals surface area contributed by atoms with Gasteiger partial charge >= 0.3 is 10.1 Å². The Morgan fingerprint density at radius 2 is 1.87 bits per heavy atom. The van der Waals surface area contributed by atoms with Gasteiger partial charge in [0.25, 0.3) is 0 Å². The van der Waals surface area contributed by atoms with Gasteiger partial charge in [0.15, 0.2) is 0 Å². The fourth-order valence-electron chi connectivity index (χ4n) is 1.14. The third-order valence-electron chi connectivity index (χ3n) is 2.13. The van der Waals surface area contributed by atoms with Crippen LogP contribution in [0.25, 0.3) is 0 Å². The second kappa shape index (κ2) is 3.55. The summed E-state index contributed by atoms with van der Waals surface area (Å²) in [5, 5.41) is 8.21. The van der Waals surface area contributed by atoms with Crippen molar-refractivity contribution in [3.63, 3.8) is 0 Å². The SMILES string of the molecule is N#Cc1ccc(OS(=O)(=O)C2CC2)cc1. The first-order chi connectivity index (χ1) is 7.12. The number of hydrogen-bond donors (Lipinski definition) is 0. The fraction of sp³-hybridized carbons (Fsp3) is 0.300. The van der Waals surface area contributed by atoms with Gasteiger partial charge < -0.3 is 4.18 Å². The molecule has 0 amide bonds. The Morgan fingerprint density at radius 1 is 1.27 bits per heavy atom. The Kier molecular flexibility index (Phi) is 2.37. The molecule has 0 spiro atoms. The second-order valence-electron chi connectivity index (χ2n) is 3.41. The quantitative estimate of drug-likeness (QED) is 0.727. The molecule has 0 aliphatic heterocycles. The predicted octanol–water partition coefficient (Wildman–Crippen LogP) is 1.43. The van der Waals surface area contributed by atoms with Crippen LogP contribution in [0, 0.1) is 11.3 Å². The lowest BCUT2D eigenvalue weighted by molar-refractivity contribution is 0.484. The van der Waals surface area contributed by atoms with E-state index in [1.54, 1.807) is 0 Å². The van der Waals surface area contributed by atoms with E-state index in [0.717, 1.165) is 0 Å². The number of benzene rings is 1. The van der Waals surface area contributed by atoms with E-state index < -0.39 is 10.1 Å². The molecule has 0 aromatic heterocycles. The van der Waals surface area contributed by atoms with Crippen LogP contribution in [0.2, 0.25) is 0 Å². The molecule has 0 atom stereocenters. The molecular weight excluding hydrogens is 214 g/mol. The molecule has 78 valence electrons. The largest absolute Gasteiger partial charge is 0.382 e. The zero-order chi connectivity index (χ0) is 10.9. The van der Waals surface area contributed by atoms with Gasteiger partial charge in [-0.3, -0.25) is 0 Å². The molecular formula is C10H9NO3S. The Balaban J connectivity index is 2.14. The van der Waals surface area contributed by atoms with E-state index in [-0.39, 0.29) is 11.0 Å². The van der Waals surface area contributed by atoms with Gasteiger partial charge in [0.1, 0.15) is 5.75 Å². The lowest BCUT2D eigenvalue weighted by Gasteiger charge is -2.04. The first kappa shape index (κ1) is 9.99. The van der Waals surface area contributed by atoms with Crippen molar-refractivity contribution in [3.05, 3.63) is 29.8 Å². The van der Waals surface area contributed by atoms with Crippen molar-refractivity contribution in [2.75, 3.05) is 0 Å². The van der Waals surface area contributed by atoms with Gasteiger partial charge in [-0.05, 0) is 37.1 Å². The zero-order valence-corrected chi connectivity index (χ0v) is 8.70. The third-order valence-corrected chi connectivity index (χ3v) is 3.84. The van der Waals surface area contributed by atoms with Crippen molar-refractivity contribution >= 4 is 10.1 Å². The molecule has 1 aromatic rings. The highest BCUT2D eigenvalue weighted by Crippen LogP contribution is 2.30. The summed E-state index contributed by atoms with van der Waals surface area (Å²) < 4.78 is 27.7. The summed E-state index contributed by atoms with van der Waals surface area (Å²) in [6.45, 7) is 0. The summed E-state index contributed by atoms with van der Waals surface area (Å²) in [5.74, 6) is 0.265. The van der Waals surface area contributed by atoms with Crippen LogP contribution in [0.3, 0.4) is 0 Å². The average Bonchev–Trinajstić information content (AvgIpc) is 3.01. The topological polar surface area (TPSA) is 67.2 Å². The molecule has 5 heteroatoms. The monoisotopic (exact) mass is 223 g/mol. The van der Waals surface area contributed by atoms with Gasteiger partial charge in [0.05, 0.1) is 16.9 Å². The standard InChI is InChI=1S/C10H9NO3S/c11-7-8-1-3-9(4-2-8)14-15(12,13)10-5-6-10/h1-4,10H,5-6H2. The summed E-state index contributed by atoms with van der Waals surface area (Å²) in [4.78, 5) is 0. The number of nitriles is 1. The van der Waals surface area contributed by atoms with Crippen molar-refractivity contribution in [1.82, 2.24) is 0 Å². The predicted molar refractivity (Wildman–Crippen MR) is 53.7 cm³/mol. The lowest BCUT2D eigenvalue weighted by Crippen LogP contribution is -2.14.